The highest BCUT2D eigenvalue weighted by molar-refractivity contribution is 9.10. The van der Waals surface area contributed by atoms with Gasteiger partial charge >= 0.3 is 0 Å². The predicted octanol–water partition coefficient (Wildman–Crippen LogP) is 2.87. The Morgan fingerprint density at radius 1 is 1.53 bits per heavy atom. The van der Waals surface area contributed by atoms with Gasteiger partial charge in [-0.2, -0.15) is 0 Å². The van der Waals surface area contributed by atoms with E-state index >= 15 is 0 Å². The molecule has 1 aromatic carbocycles. The molecule has 0 radical (unpaired) electrons. The van der Waals surface area contributed by atoms with Gasteiger partial charge in [-0.05, 0) is 41.3 Å². The van der Waals surface area contributed by atoms with E-state index < -0.39 is 0 Å². The van der Waals surface area contributed by atoms with Gasteiger partial charge in [0.15, 0.2) is 0 Å². The van der Waals surface area contributed by atoms with Gasteiger partial charge in [0, 0.05) is 29.2 Å². The topological polar surface area (TPSA) is 66.6 Å². The number of anilines is 1. The molecule has 0 amide bonds. The maximum Gasteiger partial charge on any atom is 0.273 e. The van der Waals surface area contributed by atoms with Crippen molar-refractivity contribution in [1.82, 2.24) is 0 Å². The Kier molecular flexibility index (Phi) is 4.10. The van der Waals surface area contributed by atoms with Crippen LogP contribution in [0.25, 0.3) is 0 Å². The van der Waals surface area contributed by atoms with Crippen LogP contribution in [-0.4, -0.2) is 29.2 Å². The fourth-order valence-electron chi connectivity index (χ4n) is 2.45. The number of rotatable bonds is 2. The molecule has 1 aromatic rings. The predicted molar refractivity (Wildman–Crippen MR) is 77.5 cm³/mol. The van der Waals surface area contributed by atoms with Crippen molar-refractivity contribution < 1.29 is 10.0 Å². The lowest BCUT2D eigenvalue weighted by molar-refractivity contribution is -0.385. The Balaban J connectivity index is 2.31. The molecule has 1 heterocycles. The fourth-order valence-corrected chi connectivity index (χ4v) is 3.03. The number of benzene rings is 1. The summed E-state index contributed by atoms with van der Waals surface area (Å²) in [5.41, 5.74) is 1.74. The molecule has 1 N–H and O–H groups in total. The fraction of sp³-hybridized carbons (Fsp3) is 0.538. The van der Waals surface area contributed by atoms with Gasteiger partial charge in [-0.15, -0.1) is 0 Å². The summed E-state index contributed by atoms with van der Waals surface area (Å²) in [7, 11) is 0. The van der Waals surface area contributed by atoms with Gasteiger partial charge < -0.3 is 10.0 Å². The van der Waals surface area contributed by atoms with Gasteiger partial charge in [0.1, 0.15) is 0 Å². The number of hydrogen-bond acceptors (Lipinski definition) is 4. The summed E-state index contributed by atoms with van der Waals surface area (Å²) in [6, 6.07) is 3.40. The van der Waals surface area contributed by atoms with Crippen LogP contribution in [0.3, 0.4) is 0 Å². The summed E-state index contributed by atoms with van der Waals surface area (Å²) in [6.07, 6.45) is 0.470. The molecule has 1 aliphatic rings. The number of aliphatic hydroxyl groups excluding tert-OH is 1. The SMILES string of the molecule is Cc1cc(N2CCC(O)C(C)C2)c(Br)cc1[N+](=O)[O-]. The molecule has 104 valence electrons. The number of piperidine rings is 1. The third-order valence-corrected chi connectivity index (χ3v) is 4.30. The van der Waals surface area contributed by atoms with Crippen molar-refractivity contribution in [3.05, 3.63) is 32.3 Å². The molecule has 1 aliphatic heterocycles. The van der Waals surface area contributed by atoms with Crippen molar-refractivity contribution >= 4 is 27.3 Å². The normalized spacial score (nSPS) is 23.5. The average molecular weight is 329 g/mol. The first kappa shape index (κ1) is 14.3. The van der Waals surface area contributed by atoms with E-state index in [9.17, 15) is 15.2 Å². The smallest absolute Gasteiger partial charge is 0.273 e. The Morgan fingerprint density at radius 2 is 2.21 bits per heavy atom. The maximum absolute atomic E-state index is 10.9. The van der Waals surface area contributed by atoms with Crippen LogP contribution in [0.1, 0.15) is 18.9 Å². The summed E-state index contributed by atoms with van der Waals surface area (Å²) >= 11 is 3.41. The van der Waals surface area contributed by atoms with Gasteiger partial charge in [-0.1, -0.05) is 6.92 Å². The molecular weight excluding hydrogens is 312 g/mol. The van der Waals surface area contributed by atoms with Crippen LogP contribution in [0, 0.1) is 23.0 Å². The number of aryl methyl sites for hydroxylation is 1. The molecule has 2 rings (SSSR count). The van der Waals surface area contributed by atoms with Gasteiger partial charge in [-0.25, -0.2) is 0 Å². The number of nitrogens with zero attached hydrogens (tertiary/aromatic N) is 2. The zero-order valence-corrected chi connectivity index (χ0v) is 12.6. The number of nitro benzene ring substituents is 1. The van der Waals surface area contributed by atoms with E-state index in [1.54, 1.807) is 13.0 Å². The molecule has 0 aliphatic carbocycles. The van der Waals surface area contributed by atoms with E-state index in [1.807, 2.05) is 13.0 Å². The molecule has 0 saturated carbocycles. The van der Waals surface area contributed by atoms with E-state index in [0.29, 0.717) is 5.56 Å². The second-order valence-corrected chi connectivity index (χ2v) is 5.98. The number of aliphatic hydroxyl groups is 1. The van der Waals surface area contributed by atoms with E-state index in [1.165, 1.54) is 0 Å². The molecule has 0 bridgehead atoms. The van der Waals surface area contributed by atoms with Crippen LogP contribution < -0.4 is 4.90 Å². The summed E-state index contributed by atoms with van der Waals surface area (Å²) in [5, 5.41) is 20.7. The van der Waals surface area contributed by atoms with E-state index in [4.69, 9.17) is 0 Å². The number of nitro groups is 1. The van der Waals surface area contributed by atoms with Crippen LogP contribution >= 0.6 is 15.9 Å². The first-order valence-corrected chi connectivity index (χ1v) is 7.07. The second kappa shape index (κ2) is 5.46. The monoisotopic (exact) mass is 328 g/mol. The Hall–Kier alpha value is -1.14. The molecule has 0 aromatic heterocycles. The number of hydrogen-bond donors (Lipinski definition) is 1. The maximum atomic E-state index is 10.9. The molecule has 0 spiro atoms. The van der Waals surface area contributed by atoms with Gasteiger partial charge in [0.2, 0.25) is 0 Å². The van der Waals surface area contributed by atoms with Crippen molar-refractivity contribution in [2.24, 2.45) is 5.92 Å². The quantitative estimate of drug-likeness (QED) is 0.669. The molecule has 5 nitrogen and oxygen atoms in total. The first-order valence-electron chi connectivity index (χ1n) is 6.27. The highest BCUT2D eigenvalue weighted by Crippen LogP contribution is 2.35. The van der Waals surface area contributed by atoms with Crippen LogP contribution in [0.5, 0.6) is 0 Å². The first-order chi connectivity index (χ1) is 8.90. The van der Waals surface area contributed by atoms with Crippen LogP contribution in [0.15, 0.2) is 16.6 Å². The molecule has 2 unspecified atom stereocenters. The van der Waals surface area contributed by atoms with Crippen molar-refractivity contribution in [3.63, 3.8) is 0 Å². The Morgan fingerprint density at radius 3 is 2.79 bits per heavy atom. The molecular formula is C13H17BrN2O3. The summed E-state index contributed by atoms with van der Waals surface area (Å²) < 4.78 is 0.730. The van der Waals surface area contributed by atoms with Gasteiger partial charge in [-0.3, -0.25) is 10.1 Å². The summed E-state index contributed by atoms with van der Waals surface area (Å²) in [6.45, 7) is 5.29. The molecule has 19 heavy (non-hydrogen) atoms. The van der Waals surface area contributed by atoms with Crippen molar-refractivity contribution in [2.45, 2.75) is 26.4 Å². The Bertz CT molecular complexity index is 507. The van der Waals surface area contributed by atoms with E-state index in [0.717, 1.165) is 29.7 Å². The minimum atomic E-state index is -0.369. The van der Waals surface area contributed by atoms with E-state index in [-0.39, 0.29) is 22.6 Å². The highest BCUT2D eigenvalue weighted by Gasteiger charge is 2.26. The molecule has 1 saturated heterocycles. The van der Waals surface area contributed by atoms with Crippen LogP contribution in [-0.2, 0) is 0 Å². The third-order valence-electron chi connectivity index (χ3n) is 3.66. The lowest BCUT2D eigenvalue weighted by atomic mass is 9.96. The minimum Gasteiger partial charge on any atom is -0.393 e. The number of halogens is 1. The van der Waals surface area contributed by atoms with Crippen LogP contribution in [0.4, 0.5) is 11.4 Å². The van der Waals surface area contributed by atoms with Gasteiger partial charge in [0.05, 0.1) is 16.7 Å². The second-order valence-electron chi connectivity index (χ2n) is 5.13. The average Bonchev–Trinajstić information content (AvgIpc) is 2.35. The molecule has 2 atom stereocenters. The van der Waals surface area contributed by atoms with Crippen molar-refractivity contribution in [1.29, 1.82) is 0 Å². The standard InChI is InChI=1S/C13H17BrN2O3/c1-8-5-12(10(14)6-11(8)16(18)19)15-4-3-13(17)9(2)7-15/h5-6,9,13,17H,3-4,7H2,1-2H3. The van der Waals surface area contributed by atoms with Crippen molar-refractivity contribution in [2.75, 3.05) is 18.0 Å². The Labute approximate surface area is 120 Å². The zero-order chi connectivity index (χ0) is 14.2. The lowest BCUT2D eigenvalue weighted by Gasteiger charge is -2.36. The van der Waals surface area contributed by atoms with Gasteiger partial charge in [0.25, 0.3) is 5.69 Å². The summed E-state index contributed by atoms with van der Waals surface area (Å²) in [5.74, 6) is 0.205. The lowest BCUT2D eigenvalue weighted by Crippen LogP contribution is -2.42. The summed E-state index contributed by atoms with van der Waals surface area (Å²) in [4.78, 5) is 12.7. The third kappa shape index (κ3) is 2.90. The van der Waals surface area contributed by atoms with E-state index in [2.05, 4.69) is 20.8 Å². The van der Waals surface area contributed by atoms with Crippen molar-refractivity contribution in [3.8, 4) is 0 Å². The minimum absolute atomic E-state index is 0.126. The molecule has 1 fully saturated rings. The van der Waals surface area contributed by atoms with Crippen LogP contribution in [0.2, 0.25) is 0 Å². The highest BCUT2D eigenvalue weighted by atomic mass is 79.9. The molecule has 6 heteroatoms. The zero-order valence-electron chi connectivity index (χ0n) is 11.0. The largest absolute Gasteiger partial charge is 0.393 e.